The van der Waals surface area contributed by atoms with Crippen molar-refractivity contribution in [2.75, 3.05) is 18.0 Å². The van der Waals surface area contributed by atoms with Gasteiger partial charge in [-0.1, -0.05) is 6.42 Å². The number of nitrogens with zero attached hydrogens (tertiary/aromatic N) is 1. The van der Waals surface area contributed by atoms with Crippen molar-refractivity contribution >= 4 is 11.7 Å². The summed E-state index contributed by atoms with van der Waals surface area (Å²) in [5, 5.41) is 8.98. The Bertz CT molecular complexity index is 469. The number of hydrogen-bond acceptors (Lipinski definition) is 2. The second kappa shape index (κ2) is 3.49. The molecule has 1 N–H and O–H groups in total. The fourth-order valence-corrected chi connectivity index (χ4v) is 3.02. The first-order chi connectivity index (χ1) is 8.10. The van der Waals surface area contributed by atoms with E-state index in [-0.39, 0.29) is 0 Å². The number of carboxylic acid groups (broad SMARTS) is 1. The first-order valence-electron chi connectivity index (χ1n) is 6.19. The van der Waals surface area contributed by atoms with E-state index in [9.17, 15) is 4.79 Å². The summed E-state index contributed by atoms with van der Waals surface area (Å²) in [7, 11) is 0. The number of aryl methyl sites for hydroxylation is 1. The van der Waals surface area contributed by atoms with Crippen LogP contribution in [-0.2, 0) is 0 Å². The highest BCUT2D eigenvalue weighted by atomic mass is 16.4. The Kier molecular flexibility index (Phi) is 2.18. The third-order valence-corrected chi connectivity index (χ3v) is 4.27. The number of anilines is 1. The molecule has 1 heterocycles. The van der Waals surface area contributed by atoms with Crippen LogP contribution in [-0.4, -0.2) is 24.2 Å². The van der Waals surface area contributed by atoms with Gasteiger partial charge in [-0.3, -0.25) is 0 Å². The van der Waals surface area contributed by atoms with E-state index in [1.165, 1.54) is 24.9 Å². The van der Waals surface area contributed by atoms with Gasteiger partial charge < -0.3 is 10.0 Å². The van der Waals surface area contributed by atoms with E-state index in [2.05, 4.69) is 4.90 Å². The highest BCUT2D eigenvalue weighted by molar-refractivity contribution is 5.90. The molecule has 1 aromatic rings. The zero-order chi connectivity index (χ0) is 12.0. The SMILES string of the molecule is Cc1cc(N2CC3(CCC3)C2)ccc1C(=O)O. The van der Waals surface area contributed by atoms with Gasteiger partial charge in [-0.2, -0.15) is 0 Å². The summed E-state index contributed by atoms with van der Waals surface area (Å²) < 4.78 is 0. The Morgan fingerprint density at radius 2 is 2.06 bits per heavy atom. The van der Waals surface area contributed by atoms with E-state index in [4.69, 9.17) is 5.11 Å². The fourth-order valence-electron chi connectivity index (χ4n) is 3.02. The van der Waals surface area contributed by atoms with E-state index in [1.807, 2.05) is 19.1 Å². The molecule has 1 aromatic carbocycles. The number of rotatable bonds is 2. The Labute approximate surface area is 101 Å². The van der Waals surface area contributed by atoms with Gasteiger partial charge >= 0.3 is 5.97 Å². The topological polar surface area (TPSA) is 40.5 Å². The van der Waals surface area contributed by atoms with Crippen LogP contribution in [0.3, 0.4) is 0 Å². The largest absolute Gasteiger partial charge is 0.478 e. The molecule has 0 amide bonds. The smallest absolute Gasteiger partial charge is 0.335 e. The van der Waals surface area contributed by atoms with E-state index in [1.54, 1.807) is 6.07 Å². The fraction of sp³-hybridized carbons (Fsp3) is 0.500. The molecule has 1 spiro atoms. The Morgan fingerprint density at radius 1 is 1.35 bits per heavy atom. The lowest BCUT2D eigenvalue weighted by molar-refractivity contribution is 0.0696. The third kappa shape index (κ3) is 1.61. The molecule has 2 aliphatic rings. The molecule has 3 nitrogen and oxygen atoms in total. The lowest BCUT2D eigenvalue weighted by Gasteiger charge is -2.57. The minimum absolute atomic E-state index is 0.410. The summed E-state index contributed by atoms with van der Waals surface area (Å²) in [4.78, 5) is 13.3. The average molecular weight is 231 g/mol. The van der Waals surface area contributed by atoms with Gasteiger partial charge in [-0.25, -0.2) is 4.79 Å². The summed E-state index contributed by atoms with van der Waals surface area (Å²) >= 11 is 0. The Hall–Kier alpha value is -1.51. The molecule has 90 valence electrons. The average Bonchev–Trinajstić information content (AvgIpc) is 2.12. The zero-order valence-electron chi connectivity index (χ0n) is 10.1. The maximum atomic E-state index is 10.9. The standard InChI is InChI=1S/C14H17NO2/c1-10-7-11(3-4-12(10)13(16)17)15-8-14(9-15)5-2-6-14/h3-4,7H,2,5-6,8-9H2,1H3,(H,16,17). The molecule has 1 aliphatic carbocycles. The molecule has 0 radical (unpaired) electrons. The summed E-state index contributed by atoms with van der Waals surface area (Å²) in [6, 6.07) is 5.65. The van der Waals surface area contributed by atoms with E-state index < -0.39 is 5.97 Å². The van der Waals surface area contributed by atoms with Crippen molar-refractivity contribution in [2.24, 2.45) is 5.41 Å². The van der Waals surface area contributed by atoms with Crippen molar-refractivity contribution in [3.63, 3.8) is 0 Å². The molecule has 0 bridgehead atoms. The number of hydrogen-bond donors (Lipinski definition) is 1. The van der Waals surface area contributed by atoms with Crippen molar-refractivity contribution in [1.82, 2.24) is 0 Å². The van der Waals surface area contributed by atoms with Gasteiger partial charge in [0.15, 0.2) is 0 Å². The summed E-state index contributed by atoms with van der Waals surface area (Å²) in [6.07, 6.45) is 4.12. The number of carbonyl (C=O) groups is 1. The second-order valence-electron chi connectivity index (χ2n) is 5.51. The highest BCUT2D eigenvalue weighted by Gasteiger charge is 2.47. The first kappa shape index (κ1) is 10.6. The molecule has 17 heavy (non-hydrogen) atoms. The van der Waals surface area contributed by atoms with E-state index >= 15 is 0 Å². The number of benzene rings is 1. The summed E-state index contributed by atoms with van der Waals surface area (Å²) in [6.45, 7) is 4.17. The molecule has 2 fully saturated rings. The molecular weight excluding hydrogens is 214 g/mol. The number of carboxylic acids is 1. The molecule has 3 heteroatoms. The Balaban J connectivity index is 1.77. The van der Waals surface area contributed by atoms with E-state index in [0.29, 0.717) is 11.0 Å². The van der Waals surface area contributed by atoms with E-state index in [0.717, 1.165) is 18.7 Å². The molecular formula is C14H17NO2. The molecule has 3 rings (SSSR count). The monoisotopic (exact) mass is 231 g/mol. The van der Waals surface area contributed by atoms with Crippen molar-refractivity contribution in [3.05, 3.63) is 29.3 Å². The molecule has 1 saturated heterocycles. The van der Waals surface area contributed by atoms with Crippen LogP contribution in [0.15, 0.2) is 18.2 Å². The maximum absolute atomic E-state index is 10.9. The predicted molar refractivity (Wildman–Crippen MR) is 66.6 cm³/mol. The molecule has 1 saturated carbocycles. The third-order valence-electron chi connectivity index (χ3n) is 4.27. The van der Waals surface area contributed by atoms with Crippen LogP contribution in [0.5, 0.6) is 0 Å². The van der Waals surface area contributed by atoms with Crippen LogP contribution in [0.25, 0.3) is 0 Å². The minimum Gasteiger partial charge on any atom is -0.478 e. The van der Waals surface area contributed by atoms with Gasteiger partial charge in [0.1, 0.15) is 0 Å². The molecule has 0 unspecified atom stereocenters. The second-order valence-corrected chi connectivity index (χ2v) is 5.51. The quantitative estimate of drug-likeness (QED) is 0.850. The predicted octanol–water partition coefficient (Wildman–Crippen LogP) is 2.68. The van der Waals surface area contributed by atoms with Gasteiger partial charge in [0.05, 0.1) is 5.56 Å². The zero-order valence-corrected chi connectivity index (χ0v) is 10.1. The van der Waals surface area contributed by atoms with Gasteiger partial charge in [-0.15, -0.1) is 0 Å². The van der Waals surface area contributed by atoms with Crippen molar-refractivity contribution in [1.29, 1.82) is 0 Å². The normalized spacial score (nSPS) is 20.9. The summed E-state index contributed by atoms with van der Waals surface area (Å²) in [5.41, 5.74) is 3.04. The van der Waals surface area contributed by atoms with Crippen molar-refractivity contribution < 1.29 is 9.90 Å². The maximum Gasteiger partial charge on any atom is 0.335 e. The molecule has 0 aromatic heterocycles. The van der Waals surface area contributed by atoms with Gasteiger partial charge in [0.2, 0.25) is 0 Å². The van der Waals surface area contributed by atoms with Crippen molar-refractivity contribution in [2.45, 2.75) is 26.2 Å². The van der Waals surface area contributed by atoms with Gasteiger partial charge in [0, 0.05) is 24.2 Å². The van der Waals surface area contributed by atoms with Crippen LogP contribution < -0.4 is 4.90 Å². The first-order valence-corrected chi connectivity index (χ1v) is 6.19. The van der Waals surface area contributed by atoms with Crippen LogP contribution in [0.4, 0.5) is 5.69 Å². The van der Waals surface area contributed by atoms with Crippen LogP contribution >= 0.6 is 0 Å². The van der Waals surface area contributed by atoms with Crippen LogP contribution in [0.1, 0.15) is 35.2 Å². The van der Waals surface area contributed by atoms with Gasteiger partial charge in [0.25, 0.3) is 0 Å². The molecule has 0 atom stereocenters. The van der Waals surface area contributed by atoms with Crippen LogP contribution in [0, 0.1) is 12.3 Å². The number of aromatic carboxylic acids is 1. The minimum atomic E-state index is -0.840. The summed E-state index contributed by atoms with van der Waals surface area (Å²) in [5.74, 6) is -0.840. The van der Waals surface area contributed by atoms with Gasteiger partial charge in [-0.05, 0) is 43.5 Å². The van der Waals surface area contributed by atoms with Crippen LogP contribution in [0.2, 0.25) is 0 Å². The molecule has 1 aliphatic heterocycles. The van der Waals surface area contributed by atoms with Crippen molar-refractivity contribution in [3.8, 4) is 0 Å². The Morgan fingerprint density at radius 3 is 2.53 bits per heavy atom. The highest BCUT2D eigenvalue weighted by Crippen LogP contribution is 2.49. The lowest BCUT2D eigenvalue weighted by atomic mass is 9.63. The lowest BCUT2D eigenvalue weighted by Crippen LogP contribution is -2.59.